The molecule has 2 nitrogen and oxygen atoms in total. The Bertz CT molecular complexity index is 356. The van der Waals surface area contributed by atoms with Crippen molar-refractivity contribution in [3.8, 4) is 5.75 Å². The maximum Gasteiger partial charge on any atom is 0.142 e. The zero-order chi connectivity index (χ0) is 12.3. The molecule has 0 heterocycles. The van der Waals surface area contributed by atoms with Crippen molar-refractivity contribution in [3.05, 3.63) is 35.9 Å². The summed E-state index contributed by atoms with van der Waals surface area (Å²) in [6, 6.07) is 7.77. The van der Waals surface area contributed by atoms with Crippen LogP contribution in [0.5, 0.6) is 5.75 Å². The van der Waals surface area contributed by atoms with Gasteiger partial charge in [-0.05, 0) is 30.2 Å². The molecule has 0 aromatic heterocycles. The summed E-state index contributed by atoms with van der Waals surface area (Å²) in [5.41, 5.74) is 0.989. The molecule has 1 rings (SSSR count). The second-order valence-corrected chi connectivity index (χ2v) is 3.98. The van der Waals surface area contributed by atoms with E-state index in [1.54, 1.807) is 6.08 Å². The molecule has 0 aliphatic heterocycles. The zero-order valence-corrected chi connectivity index (χ0v) is 10.4. The molecule has 0 radical (unpaired) electrons. The standard InChI is InChI=1S/C15H20O2/c1-2-3-4-5-12-17-15-10-6-8-14(13-15)9-7-11-16/h6-11,13H,2-5,12H2,1H3/b9-7+. The van der Waals surface area contributed by atoms with Crippen LogP contribution in [0, 0.1) is 0 Å². The van der Waals surface area contributed by atoms with Crippen LogP contribution in [0.15, 0.2) is 30.3 Å². The van der Waals surface area contributed by atoms with Gasteiger partial charge in [-0.1, -0.05) is 44.4 Å². The molecule has 1 aromatic rings. The van der Waals surface area contributed by atoms with Crippen molar-refractivity contribution in [2.75, 3.05) is 6.61 Å². The lowest BCUT2D eigenvalue weighted by atomic mass is 10.2. The fraction of sp³-hybridized carbons (Fsp3) is 0.400. The zero-order valence-electron chi connectivity index (χ0n) is 10.4. The predicted molar refractivity (Wildman–Crippen MR) is 71.2 cm³/mol. The number of aldehydes is 1. The van der Waals surface area contributed by atoms with Gasteiger partial charge in [-0.3, -0.25) is 4.79 Å². The summed E-state index contributed by atoms with van der Waals surface area (Å²) < 4.78 is 5.65. The summed E-state index contributed by atoms with van der Waals surface area (Å²) in [5, 5.41) is 0. The summed E-state index contributed by atoms with van der Waals surface area (Å²) >= 11 is 0. The lowest BCUT2D eigenvalue weighted by Crippen LogP contribution is -1.97. The predicted octanol–water partition coefficient (Wildman–Crippen LogP) is 3.86. The molecule has 0 bridgehead atoms. The Morgan fingerprint density at radius 3 is 2.88 bits per heavy atom. The molecular weight excluding hydrogens is 212 g/mol. The number of hydrogen-bond donors (Lipinski definition) is 0. The highest BCUT2D eigenvalue weighted by molar-refractivity contribution is 5.74. The average molecular weight is 232 g/mol. The van der Waals surface area contributed by atoms with Gasteiger partial charge >= 0.3 is 0 Å². The number of unbranched alkanes of at least 4 members (excludes halogenated alkanes) is 3. The van der Waals surface area contributed by atoms with Gasteiger partial charge in [0.15, 0.2) is 0 Å². The molecule has 0 amide bonds. The Morgan fingerprint density at radius 2 is 2.12 bits per heavy atom. The van der Waals surface area contributed by atoms with E-state index < -0.39 is 0 Å². The van der Waals surface area contributed by atoms with Gasteiger partial charge in [0, 0.05) is 0 Å². The molecule has 0 spiro atoms. The van der Waals surface area contributed by atoms with Crippen LogP contribution >= 0.6 is 0 Å². The van der Waals surface area contributed by atoms with Crippen LogP contribution in [-0.2, 0) is 4.79 Å². The van der Waals surface area contributed by atoms with Gasteiger partial charge in [-0.25, -0.2) is 0 Å². The smallest absolute Gasteiger partial charge is 0.142 e. The van der Waals surface area contributed by atoms with Gasteiger partial charge in [-0.15, -0.1) is 0 Å². The molecule has 1 aromatic carbocycles. The maximum absolute atomic E-state index is 10.2. The van der Waals surface area contributed by atoms with E-state index in [0.29, 0.717) is 0 Å². The Kier molecular flexibility index (Phi) is 6.80. The number of carbonyl (C=O) groups excluding carboxylic acids is 1. The first-order valence-electron chi connectivity index (χ1n) is 6.21. The normalized spacial score (nSPS) is 10.6. The molecule has 0 aliphatic rings. The molecule has 0 fully saturated rings. The number of benzene rings is 1. The summed E-state index contributed by atoms with van der Waals surface area (Å²) in [5.74, 6) is 0.870. The second-order valence-electron chi connectivity index (χ2n) is 3.98. The third-order valence-corrected chi connectivity index (χ3v) is 2.49. The Hall–Kier alpha value is -1.57. The van der Waals surface area contributed by atoms with Gasteiger partial charge in [0.25, 0.3) is 0 Å². The fourth-order valence-corrected chi connectivity index (χ4v) is 1.58. The first-order chi connectivity index (χ1) is 8.36. The molecule has 0 N–H and O–H groups in total. The largest absolute Gasteiger partial charge is 0.494 e. The first kappa shape index (κ1) is 13.5. The third-order valence-electron chi connectivity index (χ3n) is 2.49. The summed E-state index contributed by atoms with van der Waals surface area (Å²) in [6.07, 6.45) is 8.87. The van der Waals surface area contributed by atoms with Gasteiger partial charge in [-0.2, -0.15) is 0 Å². The summed E-state index contributed by atoms with van der Waals surface area (Å²) in [4.78, 5) is 10.2. The fourth-order valence-electron chi connectivity index (χ4n) is 1.58. The first-order valence-corrected chi connectivity index (χ1v) is 6.21. The van der Waals surface area contributed by atoms with Crippen molar-refractivity contribution < 1.29 is 9.53 Å². The monoisotopic (exact) mass is 232 g/mol. The highest BCUT2D eigenvalue weighted by Gasteiger charge is 1.94. The third kappa shape index (κ3) is 5.91. The van der Waals surface area contributed by atoms with Gasteiger partial charge in [0.1, 0.15) is 12.0 Å². The number of ether oxygens (including phenoxy) is 1. The van der Waals surface area contributed by atoms with Crippen molar-refractivity contribution in [1.29, 1.82) is 0 Å². The second kappa shape index (κ2) is 8.57. The van der Waals surface area contributed by atoms with Crippen LogP contribution in [0.2, 0.25) is 0 Å². The maximum atomic E-state index is 10.2. The van der Waals surface area contributed by atoms with Crippen molar-refractivity contribution in [3.63, 3.8) is 0 Å². The molecule has 0 unspecified atom stereocenters. The van der Waals surface area contributed by atoms with Crippen molar-refractivity contribution in [2.45, 2.75) is 32.6 Å². The molecule has 2 heteroatoms. The van der Waals surface area contributed by atoms with Crippen LogP contribution < -0.4 is 4.74 Å². The van der Waals surface area contributed by atoms with E-state index in [1.807, 2.05) is 24.3 Å². The minimum absolute atomic E-state index is 0.765. The van der Waals surface area contributed by atoms with E-state index in [9.17, 15) is 4.79 Å². The Morgan fingerprint density at radius 1 is 1.24 bits per heavy atom. The molecule has 0 aliphatic carbocycles. The van der Waals surface area contributed by atoms with Crippen molar-refractivity contribution in [2.24, 2.45) is 0 Å². The molecular formula is C15H20O2. The van der Waals surface area contributed by atoms with Crippen LogP contribution in [0.25, 0.3) is 6.08 Å². The van der Waals surface area contributed by atoms with Crippen LogP contribution in [0.3, 0.4) is 0 Å². The van der Waals surface area contributed by atoms with Gasteiger partial charge < -0.3 is 4.74 Å². The van der Waals surface area contributed by atoms with Crippen molar-refractivity contribution >= 4 is 12.4 Å². The summed E-state index contributed by atoms with van der Waals surface area (Å²) in [6.45, 7) is 2.96. The van der Waals surface area contributed by atoms with E-state index in [2.05, 4.69) is 6.92 Å². The quantitative estimate of drug-likeness (QED) is 0.386. The van der Waals surface area contributed by atoms with E-state index >= 15 is 0 Å². The topological polar surface area (TPSA) is 26.3 Å². The number of allylic oxidation sites excluding steroid dienone is 1. The minimum atomic E-state index is 0.765. The van der Waals surface area contributed by atoms with E-state index in [4.69, 9.17) is 4.74 Å². The highest BCUT2D eigenvalue weighted by Crippen LogP contribution is 2.15. The number of hydrogen-bond acceptors (Lipinski definition) is 2. The van der Waals surface area contributed by atoms with Crippen LogP contribution in [-0.4, -0.2) is 12.9 Å². The summed E-state index contributed by atoms with van der Waals surface area (Å²) in [7, 11) is 0. The van der Waals surface area contributed by atoms with E-state index in [1.165, 1.54) is 25.3 Å². The average Bonchev–Trinajstić information content (AvgIpc) is 2.37. The Balaban J connectivity index is 2.37. The Labute approximate surface area is 103 Å². The number of carbonyl (C=O) groups is 1. The molecule has 0 saturated heterocycles. The molecule has 0 atom stereocenters. The minimum Gasteiger partial charge on any atom is -0.494 e. The lowest BCUT2D eigenvalue weighted by molar-refractivity contribution is -0.104. The molecule has 92 valence electrons. The van der Waals surface area contributed by atoms with E-state index in [0.717, 1.165) is 30.6 Å². The SMILES string of the molecule is CCCCCCOc1cccc(/C=C/C=O)c1. The number of rotatable bonds is 8. The van der Waals surface area contributed by atoms with Crippen LogP contribution in [0.4, 0.5) is 0 Å². The molecule has 17 heavy (non-hydrogen) atoms. The molecule has 0 saturated carbocycles. The van der Waals surface area contributed by atoms with Gasteiger partial charge in [0.2, 0.25) is 0 Å². The highest BCUT2D eigenvalue weighted by atomic mass is 16.5. The van der Waals surface area contributed by atoms with Crippen LogP contribution in [0.1, 0.15) is 38.2 Å². The van der Waals surface area contributed by atoms with Gasteiger partial charge in [0.05, 0.1) is 6.61 Å². The lowest BCUT2D eigenvalue weighted by Gasteiger charge is -2.06. The van der Waals surface area contributed by atoms with E-state index in [-0.39, 0.29) is 0 Å². The van der Waals surface area contributed by atoms with Crippen molar-refractivity contribution in [1.82, 2.24) is 0 Å².